The zero-order valence-electron chi connectivity index (χ0n) is 10.1. The van der Waals surface area contributed by atoms with Gasteiger partial charge in [-0.1, -0.05) is 37.3 Å². The van der Waals surface area contributed by atoms with Crippen LogP contribution in [-0.2, 0) is 9.84 Å². The number of rotatable bonds is 6. The molecule has 1 saturated carbocycles. The Morgan fingerprint density at radius 3 is 2.65 bits per heavy atom. The van der Waals surface area contributed by atoms with Crippen LogP contribution in [0.3, 0.4) is 0 Å². The van der Waals surface area contributed by atoms with E-state index in [9.17, 15) is 8.42 Å². The minimum absolute atomic E-state index is 0.238. The van der Waals surface area contributed by atoms with Crippen molar-refractivity contribution in [1.82, 2.24) is 5.32 Å². The molecule has 1 fully saturated rings. The first-order valence-electron chi connectivity index (χ1n) is 6.11. The van der Waals surface area contributed by atoms with Crippen LogP contribution in [0.1, 0.15) is 24.8 Å². The number of sulfone groups is 1. The maximum atomic E-state index is 11.3. The zero-order chi connectivity index (χ0) is 12.3. The lowest BCUT2D eigenvalue weighted by Gasteiger charge is -2.04. The van der Waals surface area contributed by atoms with Crippen molar-refractivity contribution >= 4 is 9.84 Å². The van der Waals surface area contributed by atoms with E-state index in [2.05, 4.69) is 17.4 Å². The van der Waals surface area contributed by atoms with E-state index >= 15 is 0 Å². The van der Waals surface area contributed by atoms with E-state index < -0.39 is 9.84 Å². The molecule has 0 saturated heterocycles. The fourth-order valence-corrected chi connectivity index (χ4v) is 2.75. The van der Waals surface area contributed by atoms with Crippen molar-refractivity contribution in [3.8, 4) is 0 Å². The van der Waals surface area contributed by atoms with Gasteiger partial charge in [-0.25, -0.2) is 8.42 Å². The molecule has 0 spiro atoms. The van der Waals surface area contributed by atoms with Crippen LogP contribution in [0.2, 0.25) is 0 Å². The molecule has 2 rings (SSSR count). The van der Waals surface area contributed by atoms with E-state index in [-0.39, 0.29) is 11.5 Å². The second-order valence-electron chi connectivity index (χ2n) is 4.55. The Hall–Kier alpha value is -0.870. The number of hydrogen-bond acceptors (Lipinski definition) is 3. The van der Waals surface area contributed by atoms with Crippen molar-refractivity contribution in [3.05, 3.63) is 35.9 Å². The zero-order valence-corrected chi connectivity index (χ0v) is 10.9. The van der Waals surface area contributed by atoms with Gasteiger partial charge in [-0.3, -0.25) is 0 Å². The number of hydrogen-bond donors (Lipinski definition) is 1. The molecule has 1 aromatic rings. The van der Waals surface area contributed by atoms with Gasteiger partial charge in [0.05, 0.1) is 5.75 Å². The summed E-state index contributed by atoms with van der Waals surface area (Å²) in [6.07, 6.45) is 1.12. The van der Waals surface area contributed by atoms with Gasteiger partial charge in [-0.05, 0) is 12.0 Å². The molecule has 1 aliphatic carbocycles. The van der Waals surface area contributed by atoms with Crippen molar-refractivity contribution in [3.63, 3.8) is 0 Å². The molecule has 2 unspecified atom stereocenters. The Labute approximate surface area is 103 Å². The predicted octanol–water partition coefficient (Wildman–Crippen LogP) is 1.57. The molecule has 2 atom stereocenters. The second-order valence-corrected chi connectivity index (χ2v) is 7.02. The molecular weight excluding hydrogens is 234 g/mol. The third-order valence-corrected chi connectivity index (χ3v) is 4.98. The molecule has 3 nitrogen and oxygen atoms in total. The molecule has 1 aromatic carbocycles. The molecule has 0 amide bonds. The minimum Gasteiger partial charge on any atom is -0.312 e. The molecule has 0 aliphatic heterocycles. The van der Waals surface area contributed by atoms with Crippen LogP contribution in [-0.4, -0.2) is 32.5 Å². The van der Waals surface area contributed by atoms with Crippen molar-refractivity contribution in [1.29, 1.82) is 0 Å². The monoisotopic (exact) mass is 253 g/mol. The molecule has 0 aromatic heterocycles. The Morgan fingerprint density at radius 2 is 2.00 bits per heavy atom. The van der Waals surface area contributed by atoms with Crippen LogP contribution in [0.15, 0.2) is 30.3 Å². The number of nitrogens with one attached hydrogen (secondary N) is 1. The third kappa shape index (κ3) is 3.54. The molecule has 1 aliphatic rings. The largest absolute Gasteiger partial charge is 0.312 e. The van der Waals surface area contributed by atoms with Gasteiger partial charge in [-0.15, -0.1) is 0 Å². The van der Waals surface area contributed by atoms with Gasteiger partial charge in [0, 0.05) is 24.3 Å². The SMILES string of the molecule is CCS(=O)(=O)CCNC1CC1c1ccccc1. The number of benzene rings is 1. The highest BCUT2D eigenvalue weighted by Gasteiger charge is 2.37. The lowest BCUT2D eigenvalue weighted by molar-refractivity contribution is 0.591. The van der Waals surface area contributed by atoms with Crippen molar-refractivity contribution in [2.75, 3.05) is 18.1 Å². The average Bonchev–Trinajstić information content (AvgIpc) is 3.10. The van der Waals surface area contributed by atoms with Gasteiger partial charge >= 0.3 is 0 Å². The maximum Gasteiger partial charge on any atom is 0.151 e. The smallest absolute Gasteiger partial charge is 0.151 e. The van der Waals surface area contributed by atoms with Gasteiger partial charge in [0.1, 0.15) is 0 Å². The fraction of sp³-hybridized carbons (Fsp3) is 0.538. The summed E-state index contributed by atoms with van der Waals surface area (Å²) >= 11 is 0. The van der Waals surface area contributed by atoms with Crippen LogP contribution in [0.5, 0.6) is 0 Å². The van der Waals surface area contributed by atoms with Crippen molar-refractivity contribution in [2.24, 2.45) is 0 Å². The van der Waals surface area contributed by atoms with Crippen molar-refractivity contribution in [2.45, 2.75) is 25.3 Å². The normalized spacial score (nSPS) is 23.6. The highest BCUT2D eigenvalue weighted by Crippen LogP contribution is 2.40. The van der Waals surface area contributed by atoms with Crippen LogP contribution < -0.4 is 5.32 Å². The molecule has 0 heterocycles. The summed E-state index contributed by atoms with van der Waals surface area (Å²) in [4.78, 5) is 0. The summed E-state index contributed by atoms with van der Waals surface area (Å²) < 4.78 is 22.6. The lowest BCUT2D eigenvalue weighted by atomic mass is 10.1. The first-order chi connectivity index (χ1) is 8.12. The molecule has 94 valence electrons. The molecule has 0 radical (unpaired) electrons. The van der Waals surface area contributed by atoms with Crippen LogP contribution in [0, 0.1) is 0 Å². The van der Waals surface area contributed by atoms with E-state index in [1.807, 2.05) is 18.2 Å². The molecule has 1 N–H and O–H groups in total. The second kappa shape index (κ2) is 5.19. The summed E-state index contributed by atoms with van der Waals surface area (Å²) in [5.41, 5.74) is 1.35. The Kier molecular flexibility index (Phi) is 3.84. The molecular formula is C13H19NO2S. The Morgan fingerprint density at radius 1 is 1.29 bits per heavy atom. The highest BCUT2D eigenvalue weighted by molar-refractivity contribution is 7.91. The van der Waals surface area contributed by atoms with Crippen LogP contribution in [0.25, 0.3) is 0 Å². The summed E-state index contributed by atoms with van der Waals surface area (Å²) in [5, 5.41) is 3.32. The van der Waals surface area contributed by atoms with E-state index in [4.69, 9.17) is 0 Å². The molecule has 0 bridgehead atoms. The first kappa shape index (κ1) is 12.6. The maximum absolute atomic E-state index is 11.3. The highest BCUT2D eigenvalue weighted by atomic mass is 32.2. The van der Waals surface area contributed by atoms with Crippen LogP contribution in [0.4, 0.5) is 0 Å². The summed E-state index contributed by atoms with van der Waals surface area (Å²) in [7, 11) is -2.83. The Bertz CT molecular complexity index is 456. The van der Waals surface area contributed by atoms with Gasteiger partial charge < -0.3 is 5.32 Å². The summed E-state index contributed by atoms with van der Waals surface area (Å²) in [6.45, 7) is 2.27. The summed E-state index contributed by atoms with van der Waals surface area (Å²) in [6, 6.07) is 10.8. The molecule has 17 heavy (non-hydrogen) atoms. The topological polar surface area (TPSA) is 46.2 Å². The van der Waals surface area contributed by atoms with E-state index in [1.165, 1.54) is 5.56 Å². The quantitative estimate of drug-likeness (QED) is 0.837. The van der Waals surface area contributed by atoms with Gasteiger partial charge in [-0.2, -0.15) is 0 Å². The molecule has 4 heteroatoms. The predicted molar refractivity (Wildman–Crippen MR) is 69.9 cm³/mol. The van der Waals surface area contributed by atoms with Crippen molar-refractivity contribution < 1.29 is 8.42 Å². The van der Waals surface area contributed by atoms with Gasteiger partial charge in [0.15, 0.2) is 9.84 Å². The lowest BCUT2D eigenvalue weighted by Crippen LogP contribution is -2.26. The first-order valence-corrected chi connectivity index (χ1v) is 7.93. The van der Waals surface area contributed by atoms with Gasteiger partial charge in [0.25, 0.3) is 0 Å². The van der Waals surface area contributed by atoms with Gasteiger partial charge in [0.2, 0.25) is 0 Å². The Balaban J connectivity index is 1.74. The van der Waals surface area contributed by atoms with E-state index in [1.54, 1.807) is 6.92 Å². The van der Waals surface area contributed by atoms with E-state index in [0.717, 1.165) is 6.42 Å². The van der Waals surface area contributed by atoms with Crippen LogP contribution >= 0.6 is 0 Å². The standard InChI is InChI=1S/C13H19NO2S/c1-2-17(15,16)9-8-14-13-10-12(13)11-6-4-3-5-7-11/h3-7,12-14H,2,8-10H2,1H3. The third-order valence-electron chi connectivity index (χ3n) is 3.28. The fourth-order valence-electron chi connectivity index (χ4n) is 2.03. The average molecular weight is 253 g/mol. The minimum atomic E-state index is -2.83. The van der Waals surface area contributed by atoms with E-state index in [0.29, 0.717) is 18.5 Å². The summed E-state index contributed by atoms with van der Waals surface area (Å²) in [5.74, 6) is 1.06.